The van der Waals surface area contributed by atoms with Gasteiger partial charge < -0.3 is 0 Å². The molecule has 0 aliphatic heterocycles. The monoisotopic (exact) mass is 200 g/mol. The van der Waals surface area contributed by atoms with Crippen molar-refractivity contribution in [1.29, 1.82) is 0 Å². The van der Waals surface area contributed by atoms with Gasteiger partial charge in [-0.3, -0.25) is 0 Å². The highest BCUT2D eigenvalue weighted by molar-refractivity contribution is 7.90. The molecule has 1 aromatic carbocycles. The van der Waals surface area contributed by atoms with Crippen LogP contribution in [0, 0.1) is 0 Å². The third kappa shape index (κ3) is 4.90. The highest BCUT2D eigenvalue weighted by atomic mass is 32.2. The Morgan fingerprint density at radius 1 is 1.08 bits per heavy atom. The minimum Gasteiger partial charge on any atom is -0.224 e. The maximum Gasteiger partial charge on any atom is 0.373 e. The van der Waals surface area contributed by atoms with Gasteiger partial charge in [0.25, 0.3) is 0 Å². The summed E-state index contributed by atoms with van der Waals surface area (Å²) < 4.78 is 21.7. The van der Waals surface area contributed by atoms with E-state index in [9.17, 15) is 8.42 Å². The van der Waals surface area contributed by atoms with E-state index in [4.69, 9.17) is 9.59 Å². The molecule has 0 atom stereocenters. The lowest BCUT2D eigenvalue weighted by atomic mass is 10.4. The molecular formula is C8H8O4S. The number of hydrogen-bond acceptors (Lipinski definition) is 4. The van der Waals surface area contributed by atoms with Crippen LogP contribution < -0.4 is 0 Å². The summed E-state index contributed by atoms with van der Waals surface area (Å²) in [4.78, 5) is 16.6. The molecule has 5 heteroatoms. The maximum atomic E-state index is 10.8. The molecule has 1 rings (SSSR count). The van der Waals surface area contributed by atoms with Gasteiger partial charge in [0.1, 0.15) is 0 Å². The van der Waals surface area contributed by atoms with Crippen molar-refractivity contribution in [2.24, 2.45) is 0 Å². The van der Waals surface area contributed by atoms with E-state index in [2.05, 4.69) is 0 Å². The first kappa shape index (κ1) is 11.6. The lowest BCUT2D eigenvalue weighted by molar-refractivity contribution is -0.191. The maximum absolute atomic E-state index is 10.8. The number of rotatable bonds is 1. The first-order valence-corrected chi connectivity index (χ1v) is 5.16. The topological polar surface area (TPSA) is 68.3 Å². The van der Waals surface area contributed by atoms with Crippen LogP contribution in [-0.4, -0.2) is 20.8 Å². The number of sulfone groups is 1. The summed E-state index contributed by atoms with van der Waals surface area (Å²) in [5.74, 6) is 0. The van der Waals surface area contributed by atoms with E-state index in [0.29, 0.717) is 4.90 Å². The smallest absolute Gasteiger partial charge is 0.224 e. The van der Waals surface area contributed by atoms with Gasteiger partial charge in [0.15, 0.2) is 9.84 Å². The number of benzene rings is 1. The molecule has 0 fully saturated rings. The quantitative estimate of drug-likeness (QED) is 0.662. The molecule has 0 unspecified atom stereocenters. The molecule has 4 nitrogen and oxygen atoms in total. The molecule has 0 saturated carbocycles. The van der Waals surface area contributed by atoms with E-state index in [-0.39, 0.29) is 6.15 Å². The second-order valence-corrected chi connectivity index (χ2v) is 4.18. The van der Waals surface area contributed by atoms with Crippen molar-refractivity contribution < 1.29 is 18.0 Å². The minimum absolute atomic E-state index is 0.250. The van der Waals surface area contributed by atoms with Gasteiger partial charge >= 0.3 is 6.15 Å². The summed E-state index contributed by atoms with van der Waals surface area (Å²) in [5.41, 5.74) is 0. The Bertz CT molecular complexity index is 374. The van der Waals surface area contributed by atoms with Gasteiger partial charge in [-0.2, -0.15) is 9.59 Å². The summed E-state index contributed by atoms with van der Waals surface area (Å²) >= 11 is 0. The average Bonchev–Trinajstić information content (AvgIpc) is 2.06. The lowest BCUT2D eigenvalue weighted by Gasteiger charge is -1.93. The fraction of sp³-hybridized carbons (Fsp3) is 0.125. The van der Waals surface area contributed by atoms with Crippen molar-refractivity contribution in [2.45, 2.75) is 4.90 Å². The molecule has 0 aliphatic carbocycles. The van der Waals surface area contributed by atoms with Crippen LogP contribution in [0.1, 0.15) is 0 Å². The first-order chi connectivity index (χ1) is 6.02. The average molecular weight is 200 g/mol. The fourth-order valence-corrected chi connectivity index (χ4v) is 1.32. The molecule has 0 spiro atoms. The van der Waals surface area contributed by atoms with Crippen molar-refractivity contribution >= 4 is 16.0 Å². The predicted octanol–water partition coefficient (Wildman–Crippen LogP) is 0.507. The van der Waals surface area contributed by atoms with Crippen LogP contribution in [-0.2, 0) is 19.4 Å². The zero-order valence-electron chi connectivity index (χ0n) is 6.93. The van der Waals surface area contributed by atoms with E-state index in [1.165, 1.54) is 6.26 Å². The third-order valence-corrected chi connectivity index (χ3v) is 2.30. The molecule has 0 radical (unpaired) electrons. The van der Waals surface area contributed by atoms with Crippen LogP contribution in [0.3, 0.4) is 0 Å². The van der Waals surface area contributed by atoms with Gasteiger partial charge in [-0.05, 0) is 12.1 Å². The molecule has 1 aromatic rings. The third-order valence-electron chi connectivity index (χ3n) is 1.17. The Hall–Kier alpha value is -1.45. The van der Waals surface area contributed by atoms with Gasteiger partial charge in [0, 0.05) is 6.26 Å². The van der Waals surface area contributed by atoms with Crippen LogP contribution in [0.15, 0.2) is 35.2 Å². The second kappa shape index (κ2) is 5.24. The highest BCUT2D eigenvalue weighted by Crippen LogP contribution is 2.05. The van der Waals surface area contributed by atoms with Crippen molar-refractivity contribution in [3.63, 3.8) is 0 Å². The van der Waals surface area contributed by atoms with Gasteiger partial charge in [-0.25, -0.2) is 8.42 Å². The summed E-state index contributed by atoms with van der Waals surface area (Å²) in [6.45, 7) is 0. The van der Waals surface area contributed by atoms with Crippen LogP contribution in [0.5, 0.6) is 0 Å². The van der Waals surface area contributed by atoms with Gasteiger partial charge in [0.2, 0.25) is 0 Å². The molecule has 0 heterocycles. The zero-order valence-corrected chi connectivity index (χ0v) is 7.74. The Balaban J connectivity index is 0.000000424. The summed E-state index contributed by atoms with van der Waals surface area (Å²) in [5, 5.41) is 0. The Morgan fingerprint density at radius 3 is 1.69 bits per heavy atom. The van der Waals surface area contributed by atoms with E-state index in [0.717, 1.165) is 0 Å². The molecule has 0 saturated heterocycles. The number of hydrogen-bond donors (Lipinski definition) is 0. The normalized spacial score (nSPS) is 9.31. The Morgan fingerprint density at radius 2 is 1.46 bits per heavy atom. The van der Waals surface area contributed by atoms with Crippen LogP contribution in [0.2, 0.25) is 0 Å². The summed E-state index contributed by atoms with van der Waals surface area (Å²) in [7, 11) is -3.00. The SMILES string of the molecule is CS(=O)(=O)c1ccccc1.O=C=O. The predicted molar refractivity (Wildman–Crippen MR) is 44.6 cm³/mol. The molecule has 70 valence electrons. The van der Waals surface area contributed by atoms with Crippen LogP contribution in [0.4, 0.5) is 0 Å². The Labute approximate surface area is 76.1 Å². The minimum atomic E-state index is -3.00. The van der Waals surface area contributed by atoms with E-state index >= 15 is 0 Å². The second-order valence-electron chi connectivity index (χ2n) is 2.17. The van der Waals surface area contributed by atoms with Crippen molar-refractivity contribution in [2.75, 3.05) is 6.26 Å². The largest absolute Gasteiger partial charge is 0.373 e. The van der Waals surface area contributed by atoms with E-state index in [1.54, 1.807) is 30.3 Å². The number of carbonyl (C=O) groups excluding carboxylic acids is 2. The summed E-state index contributed by atoms with van der Waals surface area (Å²) in [6.07, 6.45) is 1.45. The van der Waals surface area contributed by atoms with Gasteiger partial charge in [0.05, 0.1) is 4.90 Å². The molecule has 0 aromatic heterocycles. The highest BCUT2D eigenvalue weighted by Gasteiger charge is 2.02. The fourth-order valence-electron chi connectivity index (χ4n) is 0.668. The lowest BCUT2D eigenvalue weighted by Crippen LogP contribution is -1.95. The van der Waals surface area contributed by atoms with Crippen LogP contribution >= 0.6 is 0 Å². The zero-order chi connectivity index (χ0) is 10.3. The molecular weight excluding hydrogens is 192 g/mol. The van der Waals surface area contributed by atoms with Gasteiger partial charge in [-0.1, -0.05) is 18.2 Å². The standard InChI is InChI=1S/C7H8O2S.CO2/c1-10(8,9)7-5-3-2-4-6-7;2-1-3/h2-6H,1H3;. The van der Waals surface area contributed by atoms with E-state index < -0.39 is 9.84 Å². The molecule has 13 heavy (non-hydrogen) atoms. The van der Waals surface area contributed by atoms with Crippen molar-refractivity contribution in [3.8, 4) is 0 Å². The summed E-state index contributed by atoms with van der Waals surface area (Å²) in [6, 6.07) is 8.35. The molecule has 0 N–H and O–H groups in total. The first-order valence-electron chi connectivity index (χ1n) is 3.26. The van der Waals surface area contributed by atoms with Crippen molar-refractivity contribution in [1.82, 2.24) is 0 Å². The van der Waals surface area contributed by atoms with Crippen LogP contribution in [0.25, 0.3) is 0 Å². The molecule has 0 bridgehead atoms. The Kier molecular flexibility index (Phi) is 4.66. The molecule has 0 amide bonds. The van der Waals surface area contributed by atoms with Gasteiger partial charge in [-0.15, -0.1) is 0 Å². The van der Waals surface area contributed by atoms with E-state index in [1.807, 2.05) is 0 Å². The molecule has 0 aliphatic rings. The van der Waals surface area contributed by atoms with Crippen molar-refractivity contribution in [3.05, 3.63) is 30.3 Å².